The zero-order chi connectivity index (χ0) is 11.8. The number of hydrogen-bond acceptors (Lipinski definition) is 5. The van der Waals surface area contributed by atoms with E-state index in [0.29, 0.717) is 31.4 Å². The first kappa shape index (κ1) is 12.3. The van der Waals surface area contributed by atoms with Crippen LogP contribution in [-0.4, -0.2) is 35.8 Å². The Morgan fingerprint density at radius 3 is 3.00 bits per heavy atom. The lowest BCUT2D eigenvalue weighted by atomic mass is 10.3. The Morgan fingerprint density at radius 2 is 2.31 bits per heavy atom. The van der Waals surface area contributed by atoms with Crippen LogP contribution in [0.4, 0.5) is 0 Å². The van der Waals surface area contributed by atoms with Crippen molar-refractivity contribution in [3.05, 3.63) is 23.9 Å². The molecule has 1 aromatic rings. The van der Waals surface area contributed by atoms with E-state index in [0.717, 1.165) is 0 Å². The molecule has 0 bridgehead atoms. The highest BCUT2D eigenvalue weighted by molar-refractivity contribution is 5.95. The highest BCUT2D eigenvalue weighted by Gasteiger charge is 2.02. The molecule has 1 rings (SSSR count). The van der Waals surface area contributed by atoms with Crippen LogP contribution in [-0.2, 0) is 4.74 Å². The molecule has 0 fully saturated rings. The molecule has 0 spiro atoms. The molecule has 0 unspecified atom stereocenters. The standard InChI is InChI=1S/C10H15N3O3/c1-2-15-6-7-16-9-5-3-4-8(12-9)10(11)13-14/h3-5,14H,2,6-7H2,1H3,(H2,11,13). The largest absolute Gasteiger partial charge is 0.475 e. The summed E-state index contributed by atoms with van der Waals surface area (Å²) >= 11 is 0. The first-order valence-corrected chi connectivity index (χ1v) is 4.93. The van der Waals surface area contributed by atoms with Crippen LogP contribution in [0.5, 0.6) is 5.88 Å². The van der Waals surface area contributed by atoms with Gasteiger partial charge in [0.1, 0.15) is 12.3 Å². The summed E-state index contributed by atoms with van der Waals surface area (Å²) in [5.74, 6) is 0.374. The second-order valence-corrected chi connectivity index (χ2v) is 2.89. The Morgan fingerprint density at radius 1 is 1.50 bits per heavy atom. The van der Waals surface area contributed by atoms with E-state index in [4.69, 9.17) is 20.4 Å². The fourth-order valence-electron chi connectivity index (χ4n) is 1.04. The highest BCUT2D eigenvalue weighted by atomic mass is 16.5. The van der Waals surface area contributed by atoms with Gasteiger partial charge >= 0.3 is 0 Å². The van der Waals surface area contributed by atoms with Gasteiger partial charge in [0.15, 0.2) is 5.84 Å². The van der Waals surface area contributed by atoms with Gasteiger partial charge in [0.05, 0.1) is 6.61 Å². The maximum Gasteiger partial charge on any atom is 0.213 e. The minimum Gasteiger partial charge on any atom is -0.475 e. The zero-order valence-electron chi connectivity index (χ0n) is 9.09. The molecule has 0 aliphatic heterocycles. The van der Waals surface area contributed by atoms with E-state index in [2.05, 4.69) is 10.1 Å². The molecule has 0 radical (unpaired) electrons. The summed E-state index contributed by atoms with van der Waals surface area (Å²) < 4.78 is 10.4. The summed E-state index contributed by atoms with van der Waals surface area (Å²) in [5, 5.41) is 11.3. The van der Waals surface area contributed by atoms with Crippen molar-refractivity contribution in [3.63, 3.8) is 0 Å². The lowest BCUT2D eigenvalue weighted by Gasteiger charge is -2.06. The Balaban J connectivity index is 2.54. The summed E-state index contributed by atoms with van der Waals surface area (Å²) in [5.41, 5.74) is 5.77. The van der Waals surface area contributed by atoms with Gasteiger partial charge in [-0.15, -0.1) is 0 Å². The van der Waals surface area contributed by atoms with Gasteiger partial charge in [-0.3, -0.25) is 0 Å². The fourth-order valence-corrected chi connectivity index (χ4v) is 1.04. The first-order chi connectivity index (χ1) is 7.77. The van der Waals surface area contributed by atoms with E-state index in [9.17, 15) is 0 Å². The molecule has 6 heteroatoms. The van der Waals surface area contributed by atoms with E-state index in [1.807, 2.05) is 6.92 Å². The van der Waals surface area contributed by atoms with Crippen LogP contribution in [0, 0.1) is 0 Å². The fraction of sp³-hybridized carbons (Fsp3) is 0.400. The molecule has 0 amide bonds. The zero-order valence-corrected chi connectivity index (χ0v) is 9.09. The third-order valence-electron chi connectivity index (χ3n) is 1.78. The predicted octanol–water partition coefficient (Wildman–Crippen LogP) is 0.591. The smallest absolute Gasteiger partial charge is 0.213 e. The lowest BCUT2D eigenvalue weighted by molar-refractivity contribution is 0.108. The van der Waals surface area contributed by atoms with Crippen molar-refractivity contribution in [3.8, 4) is 5.88 Å². The maximum absolute atomic E-state index is 8.49. The molecule has 1 heterocycles. The highest BCUT2D eigenvalue weighted by Crippen LogP contribution is 2.07. The number of nitrogens with zero attached hydrogens (tertiary/aromatic N) is 2. The molecule has 0 aromatic carbocycles. The Hall–Kier alpha value is -1.82. The average Bonchev–Trinajstić information content (AvgIpc) is 2.34. The molecule has 6 nitrogen and oxygen atoms in total. The second-order valence-electron chi connectivity index (χ2n) is 2.89. The quantitative estimate of drug-likeness (QED) is 0.243. The van der Waals surface area contributed by atoms with Crippen LogP contribution in [0.15, 0.2) is 23.4 Å². The van der Waals surface area contributed by atoms with Gasteiger partial charge in [-0.25, -0.2) is 4.98 Å². The molecule has 0 saturated heterocycles. The van der Waals surface area contributed by atoms with Gasteiger partial charge in [-0.1, -0.05) is 11.2 Å². The van der Waals surface area contributed by atoms with Crippen molar-refractivity contribution in [2.75, 3.05) is 19.8 Å². The van der Waals surface area contributed by atoms with Crippen LogP contribution < -0.4 is 10.5 Å². The molecule has 0 saturated carbocycles. The monoisotopic (exact) mass is 225 g/mol. The van der Waals surface area contributed by atoms with E-state index < -0.39 is 0 Å². The maximum atomic E-state index is 8.49. The number of nitrogens with two attached hydrogens (primary N) is 1. The van der Waals surface area contributed by atoms with Gasteiger partial charge in [-0.2, -0.15) is 0 Å². The number of rotatable bonds is 6. The lowest BCUT2D eigenvalue weighted by Crippen LogP contribution is -2.15. The Bertz CT molecular complexity index is 355. The average molecular weight is 225 g/mol. The topological polar surface area (TPSA) is 90.0 Å². The first-order valence-electron chi connectivity index (χ1n) is 4.93. The summed E-state index contributed by atoms with van der Waals surface area (Å²) in [6.45, 7) is 3.49. The number of amidine groups is 1. The summed E-state index contributed by atoms with van der Waals surface area (Å²) in [4.78, 5) is 4.05. The third kappa shape index (κ3) is 3.74. The molecule has 1 aromatic heterocycles. The van der Waals surface area contributed by atoms with Gasteiger partial charge in [0.25, 0.3) is 0 Å². The van der Waals surface area contributed by atoms with E-state index in [-0.39, 0.29) is 5.84 Å². The van der Waals surface area contributed by atoms with Gasteiger partial charge in [-0.05, 0) is 13.0 Å². The van der Waals surface area contributed by atoms with Gasteiger partial charge in [0, 0.05) is 12.7 Å². The number of oxime groups is 1. The van der Waals surface area contributed by atoms with Crippen molar-refractivity contribution >= 4 is 5.84 Å². The molecular formula is C10H15N3O3. The SMILES string of the molecule is CCOCCOc1cccc(C(N)=NO)n1. The van der Waals surface area contributed by atoms with E-state index >= 15 is 0 Å². The van der Waals surface area contributed by atoms with Crippen LogP contribution in [0.1, 0.15) is 12.6 Å². The summed E-state index contributed by atoms with van der Waals surface area (Å²) in [7, 11) is 0. The van der Waals surface area contributed by atoms with Crippen LogP contribution in [0.3, 0.4) is 0 Å². The van der Waals surface area contributed by atoms with Crippen molar-refractivity contribution in [2.45, 2.75) is 6.92 Å². The third-order valence-corrected chi connectivity index (χ3v) is 1.78. The number of hydrogen-bond donors (Lipinski definition) is 2. The minimum atomic E-state index is -0.0461. The van der Waals surface area contributed by atoms with Gasteiger partial charge < -0.3 is 20.4 Å². The molecule has 0 aliphatic rings. The van der Waals surface area contributed by atoms with E-state index in [1.54, 1.807) is 18.2 Å². The Labute approximate surface area is 93.7 Å². The van der Waals surface area contributed by atoms with Crippen LogP contribution >= 0.6 is 0 Å². The normalized spacial score (nSPS) is 11.4. The molecule has 0 aliphatic carbocycles. The number of pyridine rings is 1. The van der Waals surface area contributed by atoms with Crippen LogP contribution in [0.25, 0.3) is 0 Å². The Kier molecular flexibility index (Phi) is 5.07. The molecular weight excluding hydrogens is 210 g/mol. The summed E-state index contributed by atoms with van der Waals surface area (Å²) in [6, 6.07) is 5.04. The van der Waals surface area contributed by atoms with E-state index in [1.165, 1.54) is 0 Å². The van der Waals surface area contributed by atoms with Crippen molar-refractivity contribution in [2.24, 2.45) is 10.9 Å². The molecule has 0 atom stereocenters. The van der Waals surface area contributed by atoms with Crippen molar-refractivity contribution in [1.29, 1.82) is 0 Å². The molecule has 3 N–H and O–H groups in total. The van der Waals surface area contributed by atoms with Crippen molar-refractivity contribution in [1.82, 2.24) is 4.98 Å². The molecule has 88 valence electrons. The minimum absolute atomic E-state index is 0.0461. The van der Waals surface area contributed by atoms with Crippen molar-refractivity contribution < 1.29 is 14.7 Å². The summed E-state index contributed by atoms with van der Waals surface area (Å²) in [6.07, 6.45) is 0. The van der Waals surface area contributed by atoms with Crippen LogP contribution in [0.2, 0.25) is 0 Å². The number of aromatic nitrogens is 1. The predicted molar refractivity (Wildman–Crippen MR) is 58.7 cm³/mol. The second kappa shape index (κ2) is 6.62. The number of ether oxygens (including phenoxy) is 2. The molecule has 16 heavy (non-hydrogen) atoms. The van der Waals surface area contributed by atoms with Gasteiger partial charge in [0.2, 0.25) is 5.88 Å².